The van der Waals surface area contributed by atoms with Gasteiger partial charge in [-0.3, -0.25) is 0 Å². The van der Waals surface area contributed by atoms with Crippen molar-refractivity contribution in [1.29, 1.82) is 0 Å². The summed E-state index contributed by atoms with van der Waals surface area (Å²) in [7, 11) is -2.42. The van der Waals surface area contributed by atoms with Crippen LogP contribution in [-0.4, -0.2) is 27.2 Å². The normalized spacial score (nSPS) is 13.2. The molecule has 0 aromatic carbocycles. The molecule has 96 valence electrons. The molecule has 0 fully saturated rings. The van der Waals surface area contributed by atoms with E-state index in [0.717, 1.165) is 6.54 Å². The maximum atomic E-state index is 4.13. The van der Waals surface area contributed by atoms with Gasteiger partial charge in [-0.05, 0) is 25.1 Å². The number of rotatable bonds is 7. The van der Waals surface area contributed by atoms with Crippen molar-refractivity contribution in [3.05, 3.63) is 12.2 Å². The minimum absolute atomic E-state index is 1.14. The summed E-state index contributed by atoms with van der Waals surface area (Å²) < 4.78 is 2.92. The third kappa shape index (κ3) is 3.86. The van der Waals surface area contributed by atoms with Gasteiger partial charge < -0.3 is 4.23 Å². The molecule has 0 unspecified atom stereocenters. The topological polar surface area (TPSA) is 3.24 Å². The first-order valence-electron chi connectivity index (χ1n) is 6.65. The van der Waals surface area contributed by atoms with Crippen LogP contribution in [0.4, 0.5) is 0 Å². The van der Waals surface area contributed by atoms with Gasteiger partial charge in [0, 0.05) is 6.54 Å². The third-order valence-corrected chi connectivity index (χ3v) is 14.2. The van der Waals surface area contributed by atoms with Crippen LogP contribution in [0, 0.1) is 0 Å². The molecular weight excluding hydrogens is 226 g/mol. The quantitative estimate of drug-likeness (QED) is 0.472. The molecule has 3 heteroatoms. The lowest BCUT2D eigenvalue weighted by Gasteiger charge is -2.48. The van der Waals surface area contributed by atoms with Crippen LogP contribution in [-0.2, 0) is 0 Å². The summed E-state index contributed by atoms with van der Waals surface area (Å²) in [5.74, 6) is 0. The fraction of sp³-hybridized carbons (Fsp3) is 0.846. The first kappa shape index (κ1) is 16.1. The van der Waals surface area contributed by atoms with Crippen LogP contribution in [0.5, 0.6) is 0 Å². The average molecular weight is 258 g/mol. The standard InChI is InChI=1S/C13H31NSi2/c1-9-16(10-2,11-3)14(12-13(4)5)15(6,7)8/h4,9-12H2,1-3,5-8H3. The number of nitrogens with zero attached hydrogens (tertiary/aromatic N) is 1. The van der Waals surface area contributed by atoms with Gasteiger partial charge in [0.15, 0.2) is 0 Å². The molecule has 1 nitrogen and oxygen atoms in total. The van der Waals surface area contributed by atoms with E-state index in [4.69, 9.17) is 0 Å². The molecule has 0 rings (SSSR count). The Morgan fingerprint density at radius 2 is 1.38 bits per heavy atom. The molecular formula is C13H31NSi2. The highest BCUT2D eigenvalue weighted by atomic mass is 28.4. The second-order valence-corrected chi connectivity index (χ2v) is 16.4. The van der Waals surface area contributed by atoms with E-state index < -0.39 is 16.5 Å². The molecule has 0 saturated heterocycles. The van der Waals surface area contributed by atoms with E-state index in [2.05, 4.69) is 58.1 Å². The second-order valence-electron chi connectivity index (χ2n) is 6.00. The van der Waals surface area contributed by atoms with Crippen molar-refractivity contribution >= 4 is 16.5 Å². The van der Waals surface area contributed by atoms with Gasteiger partial charge in [-0.1, -0.05) is 52.6 Å². The zero-order valence-electron chi connectivity index (χ0n) is 12.5. The molecule has 0 amide bonds. The molecule has 16 heavy (non-hydrogen) atoms. The average Bonchev–Trinajstić information content (AvgIpc) is 2.17. The van der Waals surface area contributed by atoms with Gasteiger partial charge in [-0.15, -0.1) is 0 Å². The molecule has 0 atom stereocenters. The predicted molar refractivity (Wildman–Crippen MR) is 82.1 cm³/mol. The molecule has 0 aliphatic heterocycles. The fourth-order valence-electron chi connectivity index (χ4n) is 2.71. The van der Waals surface area contributed by atoms with Crippen molar-refractivity contribution < 1.29 is 0 Å². The van der Waals surface area contributed by atoms with Crippen LogP contribution >= 0.6 is 0 Å². The van der Waals surface area contributed by atoms with Gasteiger partial charge >= 0.3 is 0 Å². The van der Waals surface area contributed by atoms with Crippen LogP contribution in [0.3, 0.4) is 0 Å². The Balaban J connectivity index is 5.20. The van der Waals surface area contributed by atoms with Crippen molar-refractivity contribution in [3.63, 3.8) is 0 Å². The van der Waals surface area contributed by atoms with Crippen molar-refractivity contribution in [1.82, 2.24) is 4.23 Å². The molecule has 0 N–H and O–H groups in total. The summed E-state index contributed by atoms with van der Waals surface area (Å²) in [6.07, 6.45) is 0. The van der Waals surface area contributed by atoms with E-state index in [1.165, 1.54) is 23.7 Å². The van der Waals surface area contributed by atoms with E-state index in [1.54, 1.807) is 0 Å². The first-order chi connectivity index (χ1) is 7.23. The molecule has 0 saturated carbocycles. The molecule has 0 spiro atoms. The minimum atomic E-state index is -1.21. The Morgan fingerprint density at radius 3 is 1.56 bits per heavy atom. The molecule has 0 aromatic heterocycles. The Labute approximate surface area is 105 Å². The summed E-state index contributed by atoms with van der Waals surface area (Å²) in [5.41, 5.74) is 1.33. The van der Waals surface area contributed by atoms with Crippen LogP contribution in [0.1, 0.15) is 27.7 Å². The monoisotopic (exact) mass is 257 g/mol. The second kappa shape index (κ2) is 6.17. The van der Waals surface area contributed by atoms with E-state index >= 15 is 0 Å². The van der Waals surface area contributed by atoms with Gasteiger partial charge in [-0.2, -0.15) is 0 Å². The van der Waals surface area contributed by atoms with E-state index in [-0.39, 0.29) is 0 Å². The number of hydrogen-bond acceptors (Lipinski definition) is 1. The SMILES string of the molecule is C=C(C)CN([Si](C)(C)C)[Si](CC)(CC)CC. The van der Waals surface area contributed by atoms with Crippen molar-refractivity contribution in [2.45, 2.75) is 65.5 Å². The van der Waals surface area contributed by atoms with Crippen LogP contribution in [0.15, 0.2) is 12.2 Å². The summed E-state index contributed by atoms with van der Waals surface area (Å²) in [4.78, 5) is 0. The van der Waals surface area contributed by atoms with Crippen LogP contribution in [0.25, 0.3) is 0 Å². The molecule has 0 aliphatic carbocycles. The van der Waals surface area contributed by atoms with Crippen molar-refractivity contribution in [2.75, 3.05) is 6.54 Å². The van der Waals surface area contributed by atoms with Gasteiger partial charge in [0.25, 0.3) is 0 Å². The Hall–Kier alpha value is 0.134. The first-order valence-corrected chi connectivity index (χ1v) is 12.7. The lowest BCUT2D eigenvalue weighted by molar-refractivity contribution is 0.641. The summed E-state index contributed by atoms with van der Waals surface area (Å²) in [6.45, 7) is 22.1. The highest BCUT2D eigenvalue weighted by Crippen LogP contribution is 2.30. The molecule has 0 radical (unpaired) electrons. The largest absolute Gasteiger partial charge is 0.342 e. The van der Waals surface area contributed by atoms with Gasteiger partial charge in [0.1, 0.15) is 16.5 Å². The summed E-state index contributed by atoms with van der Waals surface area (Å²) in [6, 6.07) is 4.16. The van der Waals surface area contributed by atoms with Gasteiger partial charge in [0.05, 0.1) is 0 Å². The Morgan fingerprint density at radius 1 is 1.00 bits per heavy atom. The highest BCUT2D eigenvalue weighted by molar-refractivity contribution is 6.91. The smallest absolute Gasteiger partial charge is 0.121 e. The van der Waals surface area contributed by atoms with Crippen LogP contribution < -0.4 is 0 Å². The molecule has 0 aromatic rings. The van der Waals surface area contributed by atoms with Gasteiger partial charge in [-0.25, -0.2) is 0 Å². The van der Waals surface area contributed by atoms with E-state index in [9.17, 15) is 0 Å². The molecule has 0 heterocycles. The molecule has 0 aliphatic rings. The zero-order chi connectivity index (χ0) is 13.0. The summed E-state index contributed by atoms with van der Waals surface area (Å²) >= 11 is 0. The van der Waals surface area contributed by atoms with Crippen LogP contribution in [0.2, 0.25) is 37.8 Å². The van der Waals surface area contributed by atoms with Gasteiger partial charge in [0.2, 0.25) is 0 Å². The maximum Gasteiger partial charge on any atom is 0.121 e. The fourth-order valence-corrected chi connectivity index (χ4v) is 13.8. The lowest BCUT2D eigenvalue weighted by atomic mass is 10.4. The molecule has 0 bridgehead atoms. The Kier molecular flexibility index (Phi) is 6.22. The zero-order valence-corrected chi connectivity index (χ0v) is 14.5. The van der Waals surface area contributed by atoms with Crippen molar-refractivity contribution in [2.24, 2.45) is 0 Å². The summed E-state index contributed by atoms with van der Waals surface area (Å²) in [5, 5.41) is 0. The number of hydrogen-bond donors (Lipinski definition) is 0. The van der Waals surface area contributed by atoms with E-state index in [1.807, 2.05) is 0 Å². The third-order valence-electron chi connectivity index (χ3n) is 3.78. The maximum absolute atomic E-state index is 4.13. The Bertz CT molecular complexity index is 218. The van der Waals surface area contributed by atoms with E-state index in [0.29, 0.717) is 0 Å². The predicted octanol–water partition coefficient (Wildman–Crippen LogP) is 4.70. The van der Waals surface area contributed by atoms with Crippen molar-refractivity contribution in [3.8, 4) is 0 Å². The highest BCUT2D eigenvalue weighted by Gasteiger charge is 2.40. The minimum Gasteiger partial charge on any atom is -0.342 e. The lowest BCUT2D eigenvalue weighted by Crippen LogP contribution is -2.63.